The molecule has 0 heterocycles. The molecule has 2 N–H and O–H groups in total. The van der Waals surface area contributed by atoms with Gasteiger partial charge in [0, 0.05) is 18.2 Å². The molecule has 0 fully saturated rings. The molecule has 0 aliphatic heterocycles. The lowest BCUT2D eigenvalue weighted by Gasteiger charge is -2.27. The minimum absolute atomic E-state index is 0.305. The molecule has 1 aliphatic carbocycles. The molecule has 3 rings (SSSR count). The second kappa shape index (κ2) is 8.99. The smallest absolute Gasteiger partial charge is 0.124 e. The van der Waals surface area contributed by atoms with Gasteiger partial charge in [0.2, 0.25) is 0 Å². The van der Waals surface area contributed by atoms with Crippen LogP contribution in [-0.2, 0) is 17.8 Å². The Bertz CT molecular complexity index is 674. The summed E-state index contributed by atoms with van der Waals surface area (Å²) in [5, 5.41) is 13.7. The van der Waals surface area contributed by atoms with Crippen molar-refractivity contribution in [2.24, 2.45) is 0 Å². The fourth-order valence-corrected chi connectivity index (χ4v) is 3.43. The van der Waals surface area contributed by atoms with Crippen LogP contribution in [0.15, 0.2) is 48.5 Å². The number of aliphatic hydroxyl groups excluding tert-OH is 1. The van der Waals surface area contributed by atoms with E-state index in [-0.39, 0.29) is 0 Å². The number of hydrogen-bond acceptors (Lipinski definition) is 4. The first-order valence-electron chi connectivity index (χ1n) is 8.97. The highest BCUT2D eigenvalue weighted by Crippen LogP contribution is 2.29. The molecule has 25 heavy (non-hydrogen) atoms. The first kappa shape index (κ1) is 17.9. The van der Waals surface area contributed by atoms with Crippen LogP contribution >= 0.6 is 0 Å². The molecular weight excluding hydrogens is 314 g/mol. The maximum absolute atomic E-state index is 10.2. The number of fused-ring (bicyclic) bond motifs is 1. The Hall–Kier alpha value is -1.88. The molecule has 0 unspecified atom stereocenters. The fourth-order valence-electron chi connectivity index (χ4n) is 3.43. The van der Waals surface area contributed by atoms with Crippen molar-refractivity contribution in [3.63, 3.8) is 0 Å². The van der Waals surface area contributed by atoms with Gasteiger partial charge in [-0.25, -0.2) is 0 Å². The van der Waals surface area contributed by atoms with E-state index < -0.39 is 6.10 Å². The second-order valence-corrected chi connectivity index (χ2v) is 6.53. The Morgan fingerprint density at radius 2 is 1.96 bits per heavy atom. The Morgan fingerprint density at radius 1 is 1.16 bits per heavy atom. The van der Waals surface area contributed by atoms with Crippen molar-refractivity contribution in [2.75, 3.05) is 20.3 Å². The van der Waals surface area contributed by atoms with Crippen LogP contribution in [0.25, 0.3) is 0 Å². The molecule has 0 bridgehead atoms. The summed E-state index contributed by atoms with van der Waals surface area (Å²) in [6.07, 6.45) is 2.93. The van der Waals surface area contributed by atoms with E-state index >= 15 is 0 Å². The minimum Gasteiger partial charge on any atom is -0.496 e. The summed E-state index contributed by atoms with van der Waals surface area (Å²) in [6.45, 7) is 1.28. The summed E-state index contributed by atoms with van der Waals surface area (Å²) in [6, 6.07) is 16.7. The lowest BCUT2D eigenvalue weighted by atomic mass is 9.88. The molecule has 0 spiro atoms. The van der Waals surface area contributed by atoms with Crippen molar-refractivity contribution < 1.29 is 14.6 Å². The summed E-state index contributed by atoms with van der Waals surface area (Å²) in [7, 11) is 1.65. The highest BCUT2D eigenvalue weighted by molar-refractivity contribution is 5.33. The number of methoxy groups -OCH3 is 1. The summed E-state index contributed by atoms with van der Waals surface area (Å²) in [5.74, 6) is 0.814. The zero-order valence-electron chi connectivity index (χ0n) is 14.8. The van der Waals surface area contributed by atoms with Crippen LogP contribution in [0.1, 0.15) is 35.6 Å². The normalized spacial score (nSPS) is 17.8. The predicted octanol–water partition coefficient (Wildman–Crippen LogP) is 3.24. The summed E-state index contributed by atoms with van der Waals surface area (Å²) in [4.78, 5) is 0. The zero-order chi connectivity index (χ0) is 17.5. The zero-order valence-corrected chi connectivity index (χ0v) is 14.8. The van der Waals surface area contributed by atoms with Crippen molar-refractivity contribution in [1.82, 2.24) is 5.32 Å². The molecule has 4 nitrogen and oxygen atoms in total. The number of para-hydroxylation sites is 1. The third-order valence-corrected chi connectivity index (χ3v) is 4.73. The van der Waals surface area contributed by atoms with Gasteiger partial charge in [-0.15, -0.1) is 0 Å². The van der Waals surface area contributed by atoms with Crippen LogP contribution in [0.3, 0.4) is 0 Å². The maximum atomic E-state index is 10.2. The monoisotopic (exact) mass is 341 g/mol. The highest BCUT2D eigenvalue weighted by atomic mass is 16.5. The third-order valence-electron chi connectivity index (χ3n) is 4.73. The number of aliphatic hydroxyl groups is 1. The van der Waals surface area contributed by atoms with Crippen LogP contribution in [0.2, 0.25) is 0 Å². The van der Waals surface area contributed by atoms with E-state index in [0.29, 0.717) is 25.8 Å². The number of ether oxygens (including phenoxy) is 2. The van der Waals surface area contributed by atoms with E-state index in [1.54, 1.807) is 7.11 Å². The average molecular weight is 341 g/mol. The maximum Gasteiger partial charge on any atom is 0.124 e. The van der Waals surface area contributed by atoms with Gasteiger partial charge in [0.15, 0.2) is 0 Å². The molecule has 0 saturated heterocycles. The average Bonchev–Trinajstić information content (AvgIpc) is 2.66. The van der Waals surface area contributed by atoms with E-state index in [4.69, 9.17) is 9.47 Å². The molecule has 0 amide bonds. The van der Waals surface area contributed by atoms with Crippen molar-refractivity contribution >= 4 is 0 Å². The molecule has 1 aliphatic rings. The van der Waals surface area contributed by atoms with Gasteiger partial charge in [-0.1, -0.05) is 42.5 Å². The van der Waals surface area contributed by atoms with Crippen LogP contribution < -0.4 is 10.1 Å². The molecular formula is C21H27NO3. The van der Waals surface area contributed by atoms with Crippen LogP contribution in [0.5, 0.6) is 5.75 Å². The molecule has 134 valence electrons. The van der Waals surface area contributed by atoms with Crippen molar-refractivity contribution in [3.05, 3.63) is 65.2 Å². The molecule has 2 atom stereocenters. The van der Waals surface area contributed by atoms with Gasteiger partial charge in [-0.2, -0.15) is 0 Å². The molecule has 2 aromatic carbocycles. The summed E-state index contributed by atoms with van der Waals surface area (Å²) in [5.41, 5.74) is 3.79. The lowest BCUT2D eigenvalue weighted by Crippen LogP contribution is -2.34. The Balaban J connectivity index is 1.44. The number of aryl methyl sites for hydroxylation is 1. The van der Waals surface area contributed by atoms with E-state index in [9.17, 15) is 5.11 Å². The first-order chi connectivity index (χ1) is 12.3. The van der Waals surface area contributed by atoms with E-state index in [2.05, 4.69) is 29.6 Å². The van der Waals surface area contributed by atoms with Crippen molar-refractivity contribution in [1.29, 1.82) is 0 Å². The molecule has 0 saturated carbocycles. The fraction of sp³-hybridized carbons (Fsp3) is 0.429. The SMILES string of the molecule is COc1ccccc1COC[C@@H](O)CN[C@@H]1CCCc2ccccc21. The van der Waals surface area contributed by atoms with Crippen molar-refractivity contribution in [2.45, 2.75) is 38.0 Å². The Kier molecular flexibility index (Phi) is 6.45. The molecule has 0 radical (unpaired) electrons. The third kappa shape index (κ3) is 4.82. The number of rotatable bonds is 8. The number of nitrogens with one attached hydrogen (secondary N) is 1. The Labute approximate surface area is 149 Å². The van der Waals surface area contributed by atoms with Gasteiger partial charge >= 0.3 is 0 Å². The number of benzene rings is 2. The van der Waals surface area contributed by atoms with Gasteiger partial charge in [-0.3, -0.25) is 0 Å². The number of hydrogen-bond donors (Lipinski definition) is 2. The van der Waals surface area contributed by atoms with E-state index in [1.807, 2.05) is 24.3 Å². The molecule has 4 heteroatoms. The highest BCUT2D eigenvalue weighted by Gasteiger charge is 2.20. The lowest BCUT2D eigenvalue weighted by molar-refractivity contribution is 0.0267. The quantitative estimate of drug-likeness (QED) is 0.774. The van der Waals surface area contributed by atoms with Crippen molar-refractivity contribution in [3.8, 4) is 5.75 Å². The van der Waals surface area contributed by atoms with Crippen LogP contribution in [0.4, 0.5) is 0 Å². The van der Waals surface area contributed by atoms with Gasteiger partial charge in [0.05, 0.1) is 26.4 Å². The summed E-state index contributed by atoms with van der Waals surface area (Å²) >= 11 is 0. The van der Waals surface area contributed by atoms with Crippen LogP contribution in [-0.4, -0.2) is 31.5 Å². The topological polar surface area (TPSA) is 50.7 Å². The van der Waals surface area contributed by atoms with Crippen LogP contribution in [0, 0.1) is 0 Å². The standard InChI is InChI=1S/C21H27NO3/c1-24-21-12-5-3-8-17(21)14-25-15-18(23)13-22-20-11-6-9-16-7-2-4-10-19(16)20/h2-5,7-8,10,12,18,20,22-23H,6,9,11,13-15H2,1H3/t18-,20+/m0/s1. The van der Waals surface area contributed by atoms with Gasteiger partial charge in [0.1, 0.15) is 5.75 Å². The summed E-state index contributed by atoms with van der Waals surface area (Å²) < 4.78 is 11.0. The second-order valence-electron chi connectivity index (χ2n) is 6.53. The Morgan fingerprint density at radius 3 is 2.84 bits per heavy atom. The molecule has 0 aromatic heterocycles. The largest absolute Gasteiger partial charge is 0.496 e. The van der Waals surface area contributed by atoms with Gasteiger partial charge < -0.3 is 19.9 Å². The predicted molar refractivity (Wildman–Crippen MR) is 98.8 cm³/mol. The van der Waals surface area contributed by atoms with Gasteiger partial charge in [0.25, 0.3) is 0 Å². The van der Waals surface area contributed by atoms with E-state index in [0.717, 1.165) is 24.2 Å². The van der Waals surface area contributed by atoms with Gasteiger partial charge in [-0.05, 0) is 36.5 Å². The molecule has 2 aromatic rings. The minimum atomic E-state index is -0.524. The first-order valence-corrected chi connectivity index (χ1v) is 8.97. The van der Waals surface area contributed by atoms with E-state index in [1.165, 1.54) is 17.5 Å².